The van der Waals surface area contributed by atoms with Gasteiger partial charge in [0, 0.05) is 26.3 Å². The summed E-state index contributed by atoms with van der Waals surface area (Å²) in [6.45, 7) is 10.6. The highest BCUT2D eigenvalue weighted by Gasteiger charge is 2.30. The number of rotatable bonds is 3. The number of sulfonamides is 1. The van der Waals surface area contributed by atoms with Gasteiger partial charge in [0.05, 0.1) is 11.0 Å². The second-order valence-electron chi connectivity index (χ2n) is 4.79. The van der Waals surface area contributed by atoms with Crippen molar-refractivity contribution in [2.24, 2.45) is 0 Å². The molecule has 0 atom stereocenters. The van der Waals surface area contributed by atoms with Crippen molar-refractivity contribution in [2.75, 3.05) is 20.2 Å². The van der Waals surface area contributed by atoms with Crippen LogP contribution in [-0.4, -0.2) is 44.1 Å². The van der Waals surface area contributed by atoms with Gasteiger partial charge in [-0.15, -0.1) is 0 Å². The molecule has 1 aliphatic rings. The number of aryl methyl sites for hydroxylation is 1. The molecule has 0 radical (unpaired) electrons. The van der Waals surface area contributed by atoms with Crippen molar-refractivity contribution in [1.82, 2.24) is 4.31 Å². The summed E-state index contributed by atoms with van der Waals surface area (Å²) in [5.41, 5.74) is 0.645. The molecule has 134 valence electrons. The Kier molecular flexibility index (Phi) is 10.1. The average molecular weight is 346 g/mol. The topological polar surface area (TPSA) is 66.8 Å². The largest absolute Gasteiger partial charge is 0.508 e. The van der Waals surface area contributed by atoms with Gasteiger partial charge < -0.3 is 9.84 Å². The molecule has 0 spiro atoms. The fourth-order valence-corrected chi connectivity index (χ4v) is 4.03. The zero-order valence-electron chi connectivity index (χ0n) is 15.2. The number of hydrogen-bond donors (Lipinski definition) is 1. The number of hydrogen-bond acceptors (Lipinski definition) is 4. The third kappa shape index (κ3) is 5.79. The van der Waals surface area contributed by atoms with Crippen molar-refractivity contribution in [3.05, 3.63) is 23.8 Å². The lowest BCUT2D eigenvalue weighted by Gasteiger charge is -2.30. The van der Waals surface area contributed by atoms with E-state index in [9.17, 15) is 13.5 Å². The van der Waals surface area contributed by atoms with E-state index in [0.717, 1.165) is 0 Å². The van der Waals surface area contributed by atoms with Crippen LogP contribution in [0.5, 0.6) is 5.75 Å². The van der Waals surface area contributed by atoms with Gasteiger partial charge in [-0.25, -0.2) is 8.42 Å². The van der Waals surface area contributed by atoms with Gasteiger partial charge in [-0.3, -0.25) is 0 Å². The summed E-state index contributed by atoms with van der Waals surface area (Å²) in [6, 6.07) is 4.42. The van der Waals surface area contributed by atoms with E-state index in [0.29, 0.717) is 31.5 Å². The molecule has 1 aliphatic heterocycles. The van der Waals surface area contributed by atoms with Gasteiger partial charge in [0.2, 0.25) is 10.0 Å². The maximum Gasteiger partial charge on any atom is 0.243 e. The van der Waals surface area contributed by atoms with Crippen LogP contribution < -0.4 is 0 Å². The molecule has 0 aromatic heterocycles. The van der Waals surface area contributed by atoms with E-state index in [4.69, 9.17) is 4.74 Å². The maximum absolute atomic E-state index is 12.5. The van der Waals surface area contributed by atoms with E-state index >= 15 is 0 Å². The Bertz CT molecular complexity index is 550. The van der Waals surface area contributed by atoms with Crippen LogP contribution in [0.1, 0.15) is 46.1 Å². The molecule has 1 heterocycles. The molecular formula is C17H31NO4S. The highest BCUT2D eigenvalue weighted by Crippen LogP contribution is 2.26. The second kappa shape index (κ2) is 10.6. The zero-order chi connectivity index (χ0) is 18.0. The van der Waals surface area contributed by atoms with E-state index in [1.165, 1.54) is 16.4 Å². The molecular weight excluding hydrogens is 314 g/mol. The maximum atomic E-state index is 12.5. The number of ether oxygens (including phenoxy) is 1. The van der Waals surface area contributed by atoms with Crippen LogP contribution in [0.4, 0.5) is 0 Å². The molecule has 1 fully saturated rings. The molecule has 2 rings (SSSR count). The van der Waals surface area contributed by atoms with Crippen LogP contribution in [0.3, 0.4) is 0 Å². The molecule has 0 saturated carbocycles. The second-order valence-corrected chi connectivity index (χ2v) is 6.70. The first-order valence-electron chi connectivity index (χ1n) is 8.27. The van der Waals surface area contributed by atoms with Crippen molar-refractivity contribution < 1.29 is 18.3 Å². The lowest BCUT2D eigenvalue weighted by atomic mass is 10.1. The Balaban J connectivity index is 0.00000112. The SMILES string of the molecule is CC.CC.COC1CCN(S(=O)(=O)c2cc(O)ccc2C)CC1. The van der Waals surface area contributed by atoms with Gasteiger partial charge in [-0.05, 0) is 31.4 Å². The summed E-state index contributed by atoms with van der Waals surface area (Å²) in [5.74, 6) is -0.0315. The predicted molar refractivity (Wildman–Crippen MR) is 94.3 cm³/mol. The minimum atomic E-state index is -3.53. The molecule has 6 heteroatoms. The summed E-state index contributed by atoms with van der Waals surface area (Å²) >= 11 is 0. The van der Waals surface area contributed by atoms with Crippen LogP contribution in [0, 0.1) is 6.92 Å². The van der Waals surface area contributed by atoms with Crippen molar-refractivity contribution in [2.45, 2.75) is 58.5 Å². The first-order chi connectivity index (χ1) is 10.9. The minimum Gasteiger partial charge on any atom is -0.508 e. The highest BCUT2D eigenvalue weighted by molar-refractivity contribution is 7.89. The third-order valence-corrected chi connectivity index (χ3v) is 5.56. The van der Waals surface area contributed by atoms with Crippen molar-refractivity contribution in [3.8, 4) is 5.75 Å². The molecule has 1 aromatic rings. The Morgan fingerprint density at radius 3 is 2.13 bits per heavy atom. The van der Waals surface area contributed by atoms with E-state index in [2.05, 4.69) is 0 Å². The molecule has 1 saturated heterocycles. The summed E-state index contributed by atoms with van der Waals surface area (Å²) in [4.78, 5) is 0.184. The molecule has 0 unspecified atom stereocenters. The van der Waals surface area contributed by atoms with Gasteiger partial charge in [0.25, 0.3) is 0 Å². The van der Waals surface area contributed by atoms with Crippen LogP contribution >= 0.6 is 0 Å². The first-order valence-corrected chi connectivity index (χ1v) is 9.71. The number of aromatic hydroxyl groups is 1. The average Bonchev–Trinajstić information content (AvgIpc) is 2.60. The smallest absolute Gasteiger partial charge is 0.243 e. The number of nitrogens with zero attached hydrogens (tertiary/aromatic N) is 1. The van der Waals surface area contributed by atoms with Crippen LogP contribution in [-0.2, 0) is 14.8 Å². The lowest BCUT2D eigenvalue weighted by molar-refractivity contribution is 0.0604. The van der Waals surface area contributed by atoms with Crippen molar-refractivity contribution in [3.63, 3.8) is 0 Å². The molecule has 23 heavy (non-hydrogen) atoms. The fraction of sp³-hybridized carbons (Fsp3) is 0.647. The standard InChI is InChI=1S/C13H19NO4S.2C2H6/c1-10-3-4-11(15)9-13(10)19(16,17)14-7-5-12(18-2)6-8-14;2*1-2/h3-4,9,12,15H,5-8H2,1-2H3;2*1-2H3. The summed E-state index contributed by atoms with van der Waals surface area (Å²) in [5, 5.41) is 9.48. The molecule has 1 aromatic carbocycles. The molecule has 0 aliphatic carbocycles. The minimum absolute atomic E-state index is 0.0315. The van der Waals surface area contributed by atoms with Gasteiger partial charge >= 0.3 is 0 Å². The van der Waals surface area contributed by atoms with Crippen LogP contribution in [0.25, 0.3) is 0 Å². The molecule has 5 nitrogen and oxygen atoms in total. The Morgan fingerprint density at radius 1 is 1.13 bits per heavy atom. The van der Waals surface area contributed by atoms with E-state index in [1.54, 1.807) is 20.1 Å². The van der Waals surface area contributed by atoms with E-state index in [1.807, 2.05) is 27.7 Å². The van der Waals surface area contributed by atoms with Crippen LogP contribution in [0.15, 0.2) is 23.1 Å². The lowest BCUT2D eigenvalue weighted by Crippen LogP contribution is -2.40. The number of phenolic OH excluding ortho intramolecular Hbond substituents is 1. The molecule has 0 bridgehead atoms. The molecule has 0 amide bonds. The third-order valence-electron chi connectivity index (χ3n) is 3.52. The number of phenols is 1. The quantitative estimate of drug-likeness (QED) is 0.910. The summed E-state index contributed by atoms with van der Waals surface area (Å²) in [7, 11) is -1.88. The normalized spacial score (nSPS) is 15.9. The summed E-state index contributed by atoms with van der Waals surface area (Å²) in [6.07, 6.45) is 1.54. The Labute approximate surface area is 141 Å². The number of methoxy groups -OCH3 is 1. The Hall–Kier alpha value is -1.11. The van der Waals surface area contributed by atoms with Crippen molar-refractivity contribution >= 4 is 10.0 Å². The van der Waals surface area contributed by atoms with Gasteiger partial charge in [0.1, 0.15) is 5.75 Å². The number of benzene rings is 1. The fourth-order valence-electron chi connectivity index (χ4n) is 2.31. The zero-order valence-corrected chi connectivity index (χ0v) is 16.0. The van der Waals surface area contributed by atoms with Gasteiger partial charge in [0.15, 0.2) is 0 Å². The first kappa shape index (κ1) is 21.9. The predicted octanol–water partition coefficient (Wildman–Crippen LogP) is 3.55. The highest BCUT2D eigenvalue weighted by atomic mass is 32.2. The van der Waals surface area contributed by atoms with Crippen LogP contribution in [0.2, 0.25) is 0 Å². The number of piperidine rings is 1. The van der Waals surface area contributed by atoms with Gasteiger partial charge in [-0.2, -0.15) is 4.31 Å². The molecule has 1 N–H and O–H groups in total. The van der Waals surface area contributed by atoms with E-state index in [-0.39, 0.29) is 16.7 Å². The summed E-state index contributed by atoms with van der Waals surface area (Å²) < 4.78 is 31.8. The monoisotopic (exact) mass is 345 g/mol. The van der Waals surface area contributed by atoms with Gasteiger partial charge in [-0.1, -0.05) is 33.8 Å². The van der Waals surface area contributed by atoms with E-state index < -0.39 is 10.0 Å². The Morgan fingerprint density at radius 2 is 1.65 bits per heavy atom. The van der Waals surface area contributed by atoms with Crippen molar-refractivity contribution in [1.29, 1.82) is 0 Å².